The minimum Gasteiger partial charge on any atom is -0.206 e. The second-order valence-corrected chi connectivity index (χ2v) is 4.18. The van der Waals surface area contributed by atoms with E-state index in [4.69, 9.17) is 0 Å². The topological polar surface area (TPSA) is 0 Å². The molecule has 0 saturated heterocycles. The van der Waals surface area contributed by atoms with Crippen LogP contribution in [0.2, 0.25) is 0 Å². The van der Waals surface area contributed by atoms with Crippen molar-refractivity contribution in [3.05, 3.63) is 41.7 Å². The summed E-state index contributed by atoms with van der Waals surface area (Å²) in [5.41, 5.74) is 1.85. The zero-order chi connectivity index (χ0) is 10.8. The van der Waals surface area contributed by atoms with Crippen molar-refractivity contribution >= 4 is 6.08 Å². The smallest absolute Gasteiger partial charge is 0.130 e. The molecule has 0 aliphatic rings. The van der Waals surface area contributed by atoms with E-state index in [1.54, 1.807) is 6.08 Å². The summed E-state index contributed by atoms with van der Waals surface area (Å²) >= 11 is 0. The van der Waals surface area contributed by atoms with Gasteiger partial charge in [0.1, 0.15) is 5.82 Å². The average Bonchev–Trinajstić information content (AvgIpc) is 2.18. The molecule has 0 aliphatic heterocycles. The predicted molar refractivity (Wildman–Crippen MR) is 59.8 cm³/mol. The van der Waals surface area contributed by atoms with E-state index in [1.165, 1.54) is 6.07 Å². The summed E-state index contributed by atoms with van der Waals surface area (Å²) in [5, 5.41) is 0. The van der Waals surface area contributed by atoms with E-state index in [9.17, 15) is 4.39 Å². The number of benzene rings is 1. The second kappa shape index (κ2) is 3.95. The van der Waals surface area contributed by atoms with Crippen molar-refractivity contribution in [1.82, 2.24) is 0 Å². The third-order valence-corrected chi connectivity index (χ3v) is 2.88. The molecule has 76 valence electrons. The molecule has 1 aromatic carbocycles. The molecule has 14 heavy (non-hydrogen) atoms. The maximum atomic E-state index is 13.2. The van der Waals surface area contributed by atoms with E-state index in [2.05, 4.69) is 27.4 Å². The summed E-state index contributed by atoms with van der Waals surface area (Å²) in [4.78, 5) is 0. The van der Waals surface area contributed by atoms with Crippen molar-refractivity contribution in [2.45, 2.75) is 32.6 Å². The highest BCUT2D eigenvalue weighted by molar-refractivity contribution is 5.50. The molecule has 1 heteroatoms. The molecule has 0 heterocycles. The van der Waals surface area contributed by atoms with Gasteiger partial charge >= 0.3 is 0 Å². The van der Waals surface area contributed by atoms with Crippen LogP contribution in [0.4, 0.5) is 4.39 Å². The molecule has 0 atom stereocenters. The Balaban J connectivity index is 3.19. The summed E-state index contributed by atoms with van der Waals surface area (Å²) < 4.78 is 13.2. The molecule has 0 spiro atoms. The standard InChI is InChI=1S/C13H17F/c1-5-10-9-11(7-8-12(10)14)13(3,4)6-2/h5,7-9H,1,6H2,2-4H3. The van der Waals surface area contributed by atoms with Crippen LogP contribution in [0.5, 0.6) is 0 Å². The molecule has 0 aliphatic carbocycles. The van der Waals surface area contributed by atoms with Crippen LogP contribution >= 0.6 is 0 Å². The highest BCUT2D eigenvalue weighted by atomic mass is 19.1. The van der Waals surface area contributed by atoms with Crippen LogP contribution in [-0.4, -0.2) is 0 Å². The lowest BCUT2D eigenvalue weighted by molar-refractivity contribution is 0.504. The predicted octanol–water partition coefficient (Wildman–Crippen LogP) is 4.16. The van der Waals surface area contributed by atoms with Crippen LogP contribution < -0.4 is 0 Å². The van der Waals surface area contributed by atoms with Gasteiger partial charge in [-0.3, -0.25) is 0 Å². The zero-order valence-electron chi connectivity index (χ0n) is 9.10. The van der Waals surface area contributed by atoms with Crippen molar-refractivity contribution < 1.29 is 4.39 Å². The van der Waals surface area contributed by atoms with Gasteiger partial charge in [0.05, 0.1) is 0 Å². The van der Waals surface area contributed by atoms with Crippen LogP contribution in [0.3, 0.4) is 0 Å². The van der Waals surface area contributed by atoms with Crippen LogP contribution in [0.1, 0.15) is 38.3 Å². The number of rotatable bonds is 3. The number of hydrogen-bond acceptors (Lipinski definition) is 0. The molecule has 0 nitrogen and oxygen atoms in total. The van der Waals surface area contributed by atoms with E-state index in [1.807, 2.05) is 12.1 Å². The van der Waals surface area contributed by atoms with Crippen molar-refractivity contribution in [3.8, 4) is 0 Å². The summed E-state index contributed by atoms with van der Waals surface area (Å²) in [6, 6.07) is 5.25. The van der Waals surface area contributed by atoms with Gasteiger partial charge in [0.15, 0.2) is 0 Å². The van der Waals surface area contributed by atoms with Crippen LogP contribution in [0.15, 0.2) is 24.8 Å². The van der Waals surface area contributed by atoms with Crippen LogP contribution in [0, 0.1) is 5.82 Å². The monoisotopic (exact) mass is 192 g/mol. The Morgan fingerprint density at radius 1 is 1.43 bits per heavy atom. The minimum atomic E-state index is -0.198. The minimum absolute atomic E-state index is 0.103. The largest absolute Gasteiger partial charge is 0.206 e. The Bertz CT molecular complexity index is 337. The third kappa shape index (κ3) is 2.03. The van der Waals surface area contributed by atoms with Gasteiger partial charge in [0, 0.05) is 5.56 Å². The maximum Gasteiger partial charge on any atom is 0.130 e. The SMILES string of the molecule is C=Cc1cc(C(C)(C)CC)ccc1F. The molecular weight excluding hydrogens is 175 g/mol. The van der Waals surface area contributed by atoms with Crippen LogP contribution in [0.25, 0.3) is 6.08 Å². The van der Waals surface area contributed by atoms with Crippen LogP contribution in [-0.2, 0) is 5.41 Å². The summed E-state index contributed by atoms with van der Waals surface area (Å²) in [6.07, 6.45) is 2.60. The van der Waals surface area contributed by atoms with Gasteiger partial charge in [-0.05, 0) is 29.5 Å². The Kier molecular flexibility index (Phi) is 3.10. The molecule has 0 saturated carbocycles. The molecule has 0 fully saturated rings. The molecule has 1 rings (SSSR count). The highest BCUT2D eigenvalue weighted by Crippen LogP contribution is 2.28. The Labute approximate surface area is 85.5 Å². The van der Waals surface area contributed by atoms with E-state index < -0.39 is 0 Å². The Morgan fingerprint density at radius 2 is 2.07 bits per heavy atom. The van der Waals surface area contributed by atoms with Crippen molar-refractivity contribution in [2.24, 2.45) is 0 Å². The Hall–Kier alpha value is -1.11. The fourth-order valence-electron chi connectivity index (χ4n) is 1.33. The molecule has 0 N–H and O–H groups in total. The summed E-state index contributed by atoms with van der Waals surface area (Å²) in [5.74, 6) is -0.198. The second-order valence-electron chi connectivity index (χ2n) is 4.18. The first-order valence-corrected chi connectivity index (χ1v) is 4.93. The first kappa shape index (κ1) is 11.0. The van der Waals surface area contributed by atoms with E-state index in [-0.39, 0.29) is 11.2 Å². The van der Waals surface area contributed by atoms with Crippen molar-refractivity contribution in [1.29, 1.82) is 0 Å². The molecule has 0 amide bonds. The fourth-order valence-corrected chi connectivity index (χ4v) is 1.33. The van der Waals surface area contributed by atoms with Crippen molar-refractivity contribution in [2.75, 3.05) is 0 Å². The first-order valence-electron chi connectivity index (χ1n) is 4.93. The number of halogens is 1. The van der Waals surface area contributed by atoms with Gasteiger partial charge in [-0.25, -0.2) is 4.39 Å². The summed E-state index contributed by atoms with van der Waals surface area (Å²) in [7, 11) is 0. The lowest BCUT2D eigenvalue weighted by Gasteiger charge is -2.23. The molecule has 0 unspecified atom stereocenters. The normalized spacial score (nSPS) is 11.4. The van der Waals surface area contributed by atoms with Crippen molar-refractivity contribution in [3.63, 3.8) is 0 Å². The van der Waals surface area contributed by atoms with Gasteiger partial charge < -0.3 is 0 Å². The molecule has 1 aromatic rings. The molecule has 0 aromatic heterocycles. The van der Waals surface area contributed by atoms with Gasteiger partial charge in [-0.1, -0.05) is 39.5 Å². The zero-order valence-corrected chi connectivity index (χ0v) is 9.10. The lowest BCUT2D eigenvalue weighted by Crippen LogP contribution is -2.15. The first-order chi connectivity index (χ1) is 6.51. The van der Waals surface area contributed by atoms with E-state index >= 15 is 0 Å². The molecule has 0 bridgehead atoms. The summed E-state index contributed by atoms with van der Waals surface area (Å²) in [6.45, 7) is 10.1. The van der Waals surface area contributed by atoms with Gasteiger partial charge in [0.25, 0.3) is 0 Å². The maximum absolute atomic E-state index is 13.2. The van der Waals surface area contributed by atoms with E-state index in [0.29, 0.717) is 5.56 Å². The quantitative estimate of drug-likeness (QED) is 0.674. The van der Waals surface area contributed by atoms with Gasteiger partial charge in [-0.15, -0.1) is 0 Å². The average molecular weight is 192 g/mol. The lowest BCUT2D eigenvalue weighted by atomic mass is 9.81. The fraction of sp³-hybridized carbons (Fsp3) is 0.385. The molecule has 0 radical (unpaired) electrons. The highest BCUT2D eigenvalue weighted by Gasteiger charge is 2.18. The third-order valence-electron chi connectivity index (χ3n) is 2.88. The Morgan fingerprint density at radius 3 is 2.57 bits per heavy atom. The van der Waals surface area contributed by atoms with E-state index in [0.717, 1.165) is 12.0 Å². The van der Waals surface area contributed by atoms with Gasteiger partial charge in [-0.2, -0.15) is 0 Å². The number of hydrogen-bond donors (Lipinski definition) is 0. The molecular formula is C13H17F. The van der Waals surface area contributed by atoms with Gasteiger partial charge in [0.2, 0.25) is 0 Å².